The van der Waals surface area contributed by atoms with Gasteiger partial charge in [-0.15, -0.1) is 11.3 Å². The molecule has 0 saturated carbocycles. The Labute approximate surface area is 180 Å². The molecular formula is C25H31N3S. The number of thiophene rings is 1. The molecule has 0 atom stereocenters. The first-order chi connectivity index (χ1) is 13.9. The van der Waals surface area contributed by atoms with E-state index in [-0.39, 0.29) is 11.1 Å². The summed E-state index contributed by atoms with van der Waals surface area (Å²) in [7, 11) is 0. The van der Waals surface area contributed by atoms with E-state index in [1.165, 1.54) is 33.9 Å². The van der Waals surface area contributed by atoms with Crippen LogP contribution in [0.15, 0.2) is 53.3 Å². The molecule has 0 fully saturated rings. The highest BCUT2D eigenvalue weighted by Crippen LogP contribution is 2.39. The zero-order chi connectivity index (χ0) is 21.3. The van der Waals surface area contributed by atoms with Gasteiger partial charge in [0.25, 0.3) is 5.70 Å². The summed E-state index contributed by atoms with van der Waals surface area (Å²) < 4.78 is 0. The molecule has 0 aliphatic heterocycles. The third-order valence-electron chi connectivity index (χ3n) is 4.98. The van der Waals surface area contributed by atoms with Crippen molar-refractivity contribution < 1.29 is 0 Å². The average Bonchev–Trinajstić information content (AvgIpc) is 3.15. The van der Waals surface area contributed by atoms with Crippen molar-refractivity contribution in [1.29, 1.82) is 5.26 Å². The monoisotopic (exact) mass is 405 g/mol. The number of hydrogen-bond donors (Lipinski definition) is 0. The molecule has 0 unspecified atom stereocenters. The van der Waals surface area contributed by atoms with Crippen LogP contribution >= 0.6 is 11.3 Å². The second-order valence-corrected chi connectivity index (χ2v) is 9.29. The van der Waals surface area contributed by atoms with Crippen LogP contribution in [0, 0.1) is 23.3 Å². The van der Waals surface area contributed by atoms with Gasteiger partial charge in [-0.2, -0.15) is 0 Å². The van der Waals surface area contributed by atoms with Gasteiger partial charge in [0, 0.05) is 18.0 Å². The molecule has 2 rings (SSSR count). The Balaban J connectivity index is 2.18. The van der Waals surface area contributed by atoms with Crippen LogP contribution in [-0.2, 0) is 0 Å². The van der Waals surface area contributed by atoms with Gasteiger partial charge >= 0.3 is 0 Å². The van der Waals surface area contributed by atoms with Crippen molar-refractivity contribution in [1.82, 2.24) is 0 Å². The fourth-order valence-corrected chi connectivity index (χ4v) is 4.57. The highest BCUT2D eigenvalue weighted by Gasteiger charge is 2.24. The van der Waals surface area contributed by atoms with E-state index in [9.17, 15) is 0 Å². The standard InChI is InChI=1S/C25H31N3S/c1-6-8-15-28(7-2)24-14-13-23(29-24)12-10-21-16-20(17-25(3,4)18-21)9-11-22(19-26)27-5/h9-14,16H,6-8,15,17-18H2,1-4H3/b12-10+,20-9-,22-11-. The molecular weight excluding hydrogens is 374 g/mol. The van der Waals surface area contributed by atoms with Crippen molar-refractivity contribution in [3.63, 3.8) is 0 Å². The van der Waals surface area contributed by atoms with Crippen LogP contribution in [0.25, 0.3) is 10.9 Å². The molecule has 29 heavy (non-hydrogen) atoms. The summed E-state index contributed by atoms with van der Waals surface area (Å²) in [6.45, 7) is 18.2. The number of allylic oxidation sites excluding steroid dienone is 7. The van der Waals surface area contributed by atoms with Gasteiger partial charge in [-0.1, -0.05) is 45.4 Å². The van der Waals surface area contributed by atoms with Crippen molar-refractivity contribution in [2.45, 2.75) is 53.4 Å². The van der Waals surface area contributed by atoms with E-state index in [0.29, 0.717) is 0 Å². The highest BCUT2D eigenvalue weighted by molar-refractivity contribution is 7.16. The second-order valence-electron chi connectivity index (χ2n) is 8.20. The van der Waals surface area contributed by atoms with Gasteiger partial charge in [0.2, 0.25) is 0 Å². The fraction of sp³-hybridized carbons (Fsp3) is 0.440. The van der Waals surface area contributed by atoms with Gasteiger partial charge in [-0.05, 0) is 67.0 Å². The van der Waals surface area contributed by atoms with Gasteiger partial charge < -0.3 is 4.90 Å². The Morgan fingerprint density at radius 1 is 1.31 bits per heavy atom. The Hall–Kier alpha value is -2.56. The SMILES string of the molecule is [C-]#[N+]/C(C#N)=C\C=C1C=C(/C=C/c2ccc(N(CC)CCCC)s2)CC(C)(C)C\1. The van der Waals surface area contributed by atoms with Crippen LogP contribution in [0.4, 0.5) is 5.00 Å². The summed E-state index contributed by atoms with van der Waals surface area (Å²) in [5.74, 6) is 0. The molecule has 1 aromatic rings. The molecule has 3 nitrogen and oxygen atoms in total. The summed E-state index contributed by atoms with van der Waals surface area (Å²) >= 11 is 1.84. The van der Waals surface area contributed by atoms with Crippen LogP contribution in [0.1, 0.15) is 58.3 Å². The highest BCUT2D eigenvalue weighted by atomic mass is 32.1. The lowest BCUT2D eigenvalue weighted by atomic mass is 9.75. The van der Waals surface area contributed by atoms with E-state index in [1.807, 2.05) is 23.5 Å². The van der Waals surface area contributed by atoms with E-state index in [4.69, 9.17) is 11.8 Å². The molecule has 1 aliphatic rings. The lowest BCUT2D eigenvalue weighted by molar-refractivity contribution is 0.355. The van der Waals surface area contributed by atoms with Crippen molar-refractivity contribution >= 4 is 22.4 Å². The zero-order valence-electron chi connectivity index (χ0n) is 18.0. The Kier molecular flexibility index (Phi) is 8.50. The van der Waals surface area contributed by atoms with Crippen LogP contribution in [0.5, 0.6) is 0 Å². The molecule has 0 radical (unpaired) electrons. The zero-order valence-corrected chi connectivity index (χ0v) is 18.9. The number of unbranched alkanes of at least 4 members (excludes halogenated alkanes) is 1. The van der Waals surface area contributed by atoms with Gasteiger partial charge in [-0.25, -0.2) is 10.1 Å². The van der Waals surface area contributed by atoms with Crippen molar-refractivity contribution in [3.8, 4) is 6.07 Å². The largest absolute Gasteiger partial charge is 0.364 e. The predicted octanol–water partition coefficient (Wildman–Crippen LogP) is 7.39. The Morgan fingerprint density at radius 3 is 2.76 bits per heavy atom. The smallest absolute Gasteiger partial charge is 0.261 e. The number of nitriles is 1. The summed E-state index contributed by atoms with van der Waals surface area (Å²) in [5.41, 5.74) is 2.75. The molecule has 0 aromatic carbocycles. The molecule has 0 saturated heterocycles. The van der Waals surface area contributed by atoms with Crippen molar-refractivity contribution in [2.75, 3.05) is 18.0 Å². The molecule has 0 amide bonds. The lowest BCUT2D eigenvalue weighted by Gasteiger charge is -2.30. The van der Waals surface area contributed by atoms with Gasteiger partial charge in [0.15, 0.2) is 0 Å². The van der Waals surface area contributed by atoms with Gasteiger partial charge in [0.1, 0.15) is 0 Å². The van der Waals surface area contributed by atoms with Crippen LogP contribution < -0.4 is 4.90 Å². The number of rotatable bonds is 8. The first-order valence-electron chi connectivity index (χ1n) is 10.3. The number of nitrogens with zero attached hydrogens (tertiary/aromatic N) is 3. The van der Waals surface area contributed by atoms with Gasteiger partial charge in [-0.3, -0.25) is 0 Å². The summed E-state index contributed by atoms with van der Waals surface area (Å²) in [6, 6.07) is 6.35. The minimum absolute atomic E-state index is 0.126. The van der Waals surface area contributed by atoms with Crippen molar-refractivity contribution in [3.05, 3.63) is 69.6 Å². The summed E-state index contributed by atoms with van der Waals surface area (Å²) in [5, 5.41) is 10.3. The van der Waals surface area contributed by atoms with Crippen LogP contribution in [-0.4, -0.2) is 13.1 Å². The summed E-state index contributed by atoms with van der Waals surface area (Å²) in [4.78, 5) is 6.95. The first kappa shape index (κ1) is 22.7. The first-order valence-corrected chi connectivity index (χ1v) is 11.1. The Bertz CT molecular complexity index is 881. The molecule has 1 aromatic heterocycles. The summed E-state index contributed by atoms with van der Waals surface area (Å²) in [6.07, 6.45) is 14.6. The molecule has 0 bridgehead atoms. The fourth-order valence-electron chi connectivity index (χ4n) is 3.57. The Morgan fingerprint density at radius 2 is 2.10 bits per heavy atom. The van der Waals surface area contributed by atoms with E-state index in [1.54, 1.807) is 6.08 Å². The third-order valence-corrected chi connectivity index (χ3v) is 6.09. The minimum Gasteiger partial charge on any atom is -0.364 e. The lowest BCUT2D eigenvalue weighted by Crippen LogP contribution is -2.22. The third kappa shape index (κ3) is 7.08. The normalized spacial score (nSPS) is 17.8. The maximum absolute atomic E-state index is 8.94. The second kappa shape index (κ2) is 10.8. The minimum atomic E-state index is 0.126. The molecule has 1 heterocycles. The number of hydrogen-bond acceptors (Lipinski definition) is 3. The van der Waals surface area contributed by atoms with E-state index < -0.39 is 0 Å². The average molecular weight is 406 g/mol. The quantitative estimate of drug-likeness (QED) is 0.333. The van der Waals surface area contributed by atoms with Crippen LogP contribution in [0.2, 0.25) is 0 Å². The van der Waals surface area contributed by atoms with Crippen LogP contribution in [0.3, 0.4) is 0 Å². The molecule has 152 valence electrons. The van der Waals surface area contributed by atoms with Crippen molar-refractivity contribution in [2.24, 2.45) is 5.41 Å². The topological polar surface area (TPSA) is 31.4 Å². The molecule has 0 N–H and O–H groups in total. The maximum atomic E-state index is 8.94. The van der Waals surface area contributed by atoms with Gasteiger partial charge in [0.05, 0.1) is 17.6 Å². The predicted molar refractivity (Wildman–Crippen MR) is 126 cm³/mol. The maximum Gasteiger partial charge on any atom is 0.261 e. The van der Waals surface area contributed by atoms with E-state index >= 15 is 0 Å². The van der Waals surface area contributed by atoms with E-state index in [0.717, 1.165) is 25.9 Å². The van der Waals surface area contributed by atoms with E-state index in [2.05, 4.69) is 67.8 Å². The molecule has 1 aliphatic carbocycles. The molecule has 0 spiro atoms. The number of anilines is 1. The molecule has 4 heteroatoms.